The van der Waals surface area contributed by atoms with Gasteiger partial charge in [-0.2, -0.15) is 19.3 Å². The molecular formula is C45H44B5F6N12O9S2. The average Bonchev–Trinajstić information content (AvgIpc) is 3.96. The van der Waals surface area contributed by atoms with E-state index in [2.05, 4.69) is 30.8 Å². The lowest BCUT2D eigenvalue weighted by Gasteiger charge is -2.11. The van der Waals surface area contributed by atoms with Crippen LogP contribution in [0.2, 0.25) is 0 Å². The molecule has 0 spiro atoms. The first kappa shape index (κ1) is 63.6. The van der Waals surface area contributed by atoms with E-state index in [-0.39, 0.29) is 50.2 Å². The topological polar surface area (TPSA) is 350 Å². The minimum absolute atomic E-state index is 0.0998. The number of carboxylic acids is 1. The van der Waals surface area contributed by atoms with Gasteiger partial charge >= 0.3 is 5.97 Å². The van der Waals surface area contributed by atoms with Gasteiger partial charge in [0.15, 0.2) is 0 Å². The Morgan fingerprint density at radius 3 is 1.18 bits per heavy atom. The van der Waals surface area contributed by atoms with Crippen LogP contribution >= 0.6 is 0 Å². The van der Waals surface area contributed by atoms with Crippen LogP contribution in [0.15, 0.2) is 94.7 Å². The fraction of sp³-hybridized carbons (Fsp3) is 0.178. The van der Waals surface area contributed by atoms with E-state index < -0.39 is 114 Å². The van der Waals surface area contributed by atoms with Gasteiger partial charge in [-0.15, -0.1) is 10.2 Å². The first-order chi connectivity index (χ1) is 36.7. The molecular weight excluding hydrogens is 1080 g/mol. The summed E-state index contributed by atoms with van der Waals surface area (Å²) in [6.07, 6.45) is -1.74. The summed E-state index contributed by atoms with van der Waals surface area (Å²) in [6.45, 7) is 8.09. The summed E-state index contributed by atoms with van der Waals surface area (Å²) in [5, 5.41) is 41.2. The van der Waals surface area contributed by atoms with Crippen LogP contribution in [-0.4, -0.2) is 111 Å². The zero-order valence-corrected chi connectivity index (χ0v) is 43.7. The number of carbonyl (C=O) groups is 3. The van der Waals surface area contributed by atoms with E-state index in [1.165, 1.54) is 74.6 Å². The first-order valence-corrected chi connectivity index (χ1v) is 25.5. The van der Waals surface area contributed by atoms with Gasteiger partial charge in [0.05, 0.1) is 15.9 Å². The quantitative estimate of drug-likeness (QED) is 0.0582. The van der Waals surface area contributed by atoms with Crippen LogP contribution in [0, 0.1) is 34.9 Å². The maximum absolute atomic E-state index is 14.7. The highest BCUT2D eigenvalue weighted by atomic mass is 32.2. The van der Waals surface area contributed by atoms with Crippen LogP contribution in [0.5, 0.6) is 0 Å². The predicted molar refractivity (Wildman–Crippen MR) is 284 cm³/mol. The number of halogens is 6. The maximum Gasteiger partial charge on any atom is 0.341 e. The fourth-order valence-electron chi connectivity index (χ4n) is 6.49. The number of primary sulfonamides is 2. The number of carboxylic acid groups (broad SMARTS) is 1. The Morgan fingerprint density at radius 1 is 0.582 bits per heavy atom. The lowest BCUT2D eigenvalue weighted by molar-refractivity contribution is 0.0685. The number of carbonyl (C=O) groups excluding carboxylic acids is 2. The smallest absolute Gasteiger partial charge is 0.341 e. The van der Waals surface area contributed by atoms with Crippen molar-refractivity contribution in [3.63, 3.8) is 0 Å². The normalized spacial score (nSPS) is 11.5. The molecule has 7 rings (SSSR count). The number of hydrogen-bond acceptors (Lipinski definition) is 16. The summed E-state index contributed by atoms with van der Waals surface area (Å²) in [5.41, 5.74) is 9.55. The van der Waals surface area contributed by atoms with E-state index in [4.69, 9.17) is 50.1 Å². The summed E-state index contributed by atoms with van der Waals surface area (Å²) in [7, 11) is 8.07. The number of nitrogen functional groups attached to an aromatic ring is 2. The molecule has 0 aliphatic carbocycles. The second kappa shape index (κ2) is 26.6. The van der Waals surface area contributed by atoms with E-state index in [1.54, 1.807) is 27.7 Å². The number of nitrogens with two attached hydrogens (primary N) is 4. The molecule has 0 fully saturated rings. The number of aromatic carboxylic acids is 1. The molecule has 2 aromatic heterocycles. The van der Waals surface area contributed by atoms with E-state index in [0.717, 1.165) is 24.3 Å². The molecule has 0 saturated heterocycles. The van der Waals surface area contributed by atoms with Gasteiger partial charge in [0.25, 0.3) is 11.8 Å². The molecule has 21 nitrogen and oxygen atoms in total. The molecule has 0 aliphatic heterocycles. The number of aromatic nitrogens is 6. The van der Waals surface area contributed by atoms with Gasteiger partial charge in [-0.3, -0.25) is 9.59 Å². The highest BCUT2D eigenvalue weighted by Crippen LogP contribution is 2.28. The SMILES string of the molecule is CC(C)c1ccc(F)c(C(=O)O)c1F.CC(C)c1ccc(F)c(C(=O)n2nc(Nc3ccc(S(N)(=O)=O)cc3)nc2N)c1F.CC(O)c1ccc(F)c(C(=O)n2nc(Nc3ccc(S(N)(=O)=O)cc3)nc2N)c1F.[B][B]B([B])[B]. The number of sulfonamides is 2. The standard InChI is InChI=1S/C18H18F2N6O3S.C17H16F2N6O4S.C10H10F2O2.B5/c1-9(2)12-7-8-13(19)14(15(12)20)16(27)26-17(21)24-18(25-26)23-10-3-5-11(6-4-10)30(22,28)29;1-8(26)11-6-7-12(18)13(14(11)19)15(27)25-16(20)23-17(24-25)22-9-2-4-10(5-3-9)30(21,28)29;1-5(2)6-3-4-7(11)8(9(6)12)10(13)14;1-4-5(2)3/h3-9H,1-2H3,(H2,22,28,29)(H3,21,23,24,25);2-8,26H,1H3,(H2,21,28,29)(H3,20,22,23,24);3-5H,1-2H3,(H,13,14);. The average molecular weight is 1130 g/mol. The summed E-state index contributed by atoms with van der Waals surface area (Å²) < 4.78 is 130. The molecule has 407 valence electrons. The third kappa shape index (κ3) is 16.3. The van der Waals surface area contributed by atoms with Crippen LogP contribution in [0.3, 0.4) is 0 Å². The molecule has 12 N–H and O–H groups in total. The minimum Gasteiger partial charge on any atom is -0.477 e. The molecule has 0 amide bonds. The Kier molecular flexibility index (Phi) is 21.4. The molecule has 7 aromatic rings. The zero-order chi connectivity index (χ0) is 59.6. The molecule has 1 unspecified atom stereocenters. The molecule has 2 heterocycles. The summed E-state index contributed by atoms with van der Waals surface area (Å²) >= 11 is 0. The zero-order valence-electron chi connectivity index (χ0n) is 42.0. The summed E-state index contributed by atoms with van der Waals surface area (Å²) in [6, 6.07) is 16.9. The van der Waals surface area contributed by atoms with Crippen LogP contribution in [-0.2, 0) is 20.0 Å². The molecule has 0 bridgehead atoms. The molecule has 5 aromatic carbocycles. The molecule has 79 heavy (non-hydrogen) atoms. The number of benzene rings is 5. The van der Waals surface area contributed by atoms with E-state index >= 15 is 0 Å². The number of nitrogens with one attached hydrogen (secondary N) is 2. The third-order valence-corrected chi connectivity index (χ3v) is 12.3. The number of nitrogens with zero attached hydrogens (tertiary/aromatic N) is 6. The number of aliphatic hydroxyl groups is 1. The van der Waals surface area contributed by atoms with Crippen molar-refractivity contribution in [3.8, 4) is 0 Å². The van der Waals surface area contributed by atoms with Gasteiger partial charge in [0, 0.05) is 53.6 Å². The third-order valence-electron chi connectivity index (χ3n) is 10.4. The van der Waals surface area contributed by atoms with Crippen molar-refractivity contribution in [2.24, 2.45) is 10.3 Å². The number of anilines is 6. The van der Waals surface area contributed by atoms with E-state index in [9.17, 15) is 62.7 Å². The van der Waals surface area contributed by atoms with Crippen molar-refractivity contribution < 1.29 is 67.8 Å². The number of aliphatic hydroxyl groups excluding tert-OH is 1. The van der Waals surface area contributed by atoms with Gasteiger partial charge < -0.3 is 32.3 Å². The van der Waals surface area contributed by atoms with Crippen molar-refractivity contribution in [3.05, 3.63) is 153 Å². The molecule has 0 saturated carbocycles. The highest BCUT2D eigenvalue weighted by molar-refractivity contribution is 7.89. The van der Waals surface area contributed by atoms with Gasteiger partial charge in [-0.25, -0.2) is 58.3 Å². The Bertz CT molecular complexity index is 3410. The highest BCUT2D eigenvalue weighted by Gasteiger charge is 2.28. The van der Waals surface area contributed by atoms with E-state index in [1.807, 2.05) is 0 Å². The Hall–Kier alpha value is -7.93. The molecule has 7 radical (unpaired) electrons. The van der Waals surface area contributed by atoms with Crippen molar-refractivity contribution in [1.29, 1.82) is 0 Å². The van der Waals surface area contributed by atoms with Crippen molar-refractivity contribution in [2.45, 2.75) is 62.3 Å². The van der Waals surface area contributed by atoms with Crippen LogP contribution < -0.4 is 32.4 Å². The van der Waals surface area contributed by atoms with Crippen molar-refractivity contribution >= 4 is 110 Å². The van der Waals surface area contributed by atoms with Gasteiger partial charge in [-0.1, -0.05) is 45.9 Å². The van der Waals surface area contributed by atoms with E-state index in [0.29, 0.717) is 20.7 Å². The largest absolute Gasteiger partial charge is 0.477 e. The lowest BCUT2D eigenvalue weighted by atomic mass is 8.97. The second-order valence-corrected chi connectivity index (χ2v) is 20.1. The second-order valence-electron chi connectivity index (χ2n) is 16.9. The lowest BCUT2D eigenvalue weighted by Crippen LogP contribution is -2.23. The Morgan fingerprint density at radius 2 is 0.886 bits per heavy atom. The maximum atomic E-state index is 14.7. The predicted octanol–water partition coefficient (Wildman–Crippen LogP) is 4.50. The van der Waals surface area contributed by atoms with Gasteiger partial charge in [0.1, 0.15) is 51.6 Å². The monoisotopic (exact) mass is 1130 g/mol. The summed E-state index contributed by atoms with van der Waals surface area (Å²) in [5.74, 6) is -12.0. The van der Waals surface area contributed by atoms with Crippen LogP contribution in [0.25, 0.3) is 0 Å². The Balaban J connectivity index is 0.000000258. The van der Waals surface area contributed by atoms with Crippen LogP contribution in [0.4, 0.5) is 61.5 Å². The fourth-order valence-corrected chi connectivity index (χ4v) is 7.52. The minimum atomic E-state index is -3.87. The van der Waals surface area contributed by atoms with Crippen LogP contribution in [0.1, 0.15) is 100 Å². The summed E-state index contributed by atoms with van der Waals surface area (Å²) in [4.78, 5) is 43.3. The van der Waals surface area contributed by atoms with Gasteiger partial charge in [0.2, 0.25) is 43.8 Å². The van der Waals surface area contributed by atoms with Crippen molar-refractivity contribution in [1.82, 2.24) is 29.5 Å². The number of hydrogen-bond donors (Lipinski definition) is 8. The molecule has 1 atom stereocenters. The first-order valence-electron chi connectivity index (χ1n) is 22.4. The van der Waals surface area contributed by atoms with Crippen molar-refractivity contribution in [2.75, 3.05) is 22.1 Å². The Labute approximate surface area is 453 Å². The number of rotatable bonds is 13. The molecule has 0 aliphatic rings. The molecule has 34 heteroatoms. The van der Waals surface area contributed by atoms with Gasteiger partial charge in [-0.05, 0) is 96.6 Å².